The van der Waals surface area contributed by atoms with Crippen LogP contribution in [0, 0.1) is 21.4 Å². The van der Waals surface area contributed by atoms with Gasteiger partial charge >= 0.3 is 0 Å². The van der Waals surface area contributed by atoms with Crippen LogP contribution in [0.3, 0.4) is 0 Å². The number of hydrogen-bond donors (Lipinski definition) is 1. The number of ether oxygens (including phenoxy) is 2. The Morgan fingerprint density at radius 3 is 2.50 bits per heavy atom. The quantitative estimate of drug-likeness (QED) is 0.546. The summed E-state index contributed by atoms with van der Waals surface area (Å²) >= 11 is 0. The first-order valence-corrected chi connectivity index (χ1v) is 9.74. The van der Waals surface area contributed by atoms with E-state index in [1.54, 1.807) is 31.4 Å². The number of nitro benzene ring substituents is 1. The molecule has 1 saturated carbocycles. The molecule has 0 saturated heterocycles. The summed E-state index contributed by atoms with van der Waals surface area (Å²) in [5.74, 6) is 0.605. The van der Waals surface area contributed by atoms with Crippen molar-refractivity contribution in [3.05, 3.63) is 52.6 Å². The van der Waals surface area contributed by atoms with Gasteiger partial charge < -0.3 is 14.8 Å². The molecule has 8 heteroatoms. The van der Waals surface area contributed by atoms with Crippen LogP contribution in [0.15, 0.2) is 42.5 Å². The van der Waals surface area contributed by atoms with Crippen LogP contribution in [0.5, 0.6) is 11.5 Å². The number of carbonyl (C=O) groups excluding carboxylic acids is 1. The monoisotopic (exact) mass is 409 g/mol. The smallest absolute Gasteiger partial charge is 0.270 e. The third-order valence-electron chi connectivity index (χ3n) is 5.23. The van der Waals surface area contributed by atoms with Crippen molar-refractivity contribution in [2.24, 2.45) is 0 Å². The predicted octanol–water partition coefficient (Wildman–Crippen LogP) is 3.99. The predicted molar refractivity (Wildman–Crippen MR) is 110 cm³/mol. The minimum absolute atomic E-state index is 0.0803. The van der Waals surface area contributed by atoms with E-state index in [9.17, 15) is 20.2 Å². The summed E-state index contributed by atoms with van der Waals surface area (Å²) in [5.41, 5.74) is 0.263. The van der Waals surface area contributed by atoms with Crippen molar-refractivity contribution >= 4 is 11.6 Å². The molecule has 1 fully saturated rings. The number of methoxy groups -OCH3 is 1. The summed E-state index contributed by atoms with van der Waals surface area (Å²) in [6, 6.07) is 13.5. The average molecular weight is 409 g/mol. The highest BCUT2D eigenvalue weighted by atomic mass is 16.6. The fraction of sp³-hybridized carbons (Fsp3) is 0.364. The summed E-state index contributed by atoms with van der Waals surface area (Å²) in [7, 11) is 1.55. The first-order chi connectivity index (χ1) is 14.5. The summed E-state index contributed by atoms with van der Waals surface area (Å²) in [4.78, 5) is 23.2. The molecule has 3 rings (SSSR count). The van der Waals surface area contributed by atoms with Crippen molar-refractivity contribution in [2.45, 2.75) is 37.6 Å². The molecular weight excluding hydrogens is 386 g/mol. The molecule has 1 aliphatic carbocycles. The Morgan fingerprint density at radius 2 is 1.90 bits per heavy atom. The Kier molecular flexibility index (Phi) is 6.52. The maximum Gasteiger partial charge on any atom is 0.270 e. The maximum absolute atomic E-state index is 12.4. The first-order valence-electron chi connectivity index (χ1n) is 9.74. The summed E-state index contributed by atoms with van der Waals surface area (Å²) in [5, 5.41) is 23.5. The molecule has 30 heavy (non-hydrogen) atoms. The van der Waals surface area contributed by atoms with Crippen LogP contribution in [0.4, 0.5) is 5.69 Å². The van der Waals surface area contributed by atoms with E-state index in [4.69, 9.17) is 9.47 Å². The molecule has 0 atom stereocenters. The van der Waals surface area contributed by atoms with E-state index in [0.29, 0.717) is 35.5 Å². The molecular formula is C22H23N3O5. The lowest BCUT2D eigenvalue weighted by Gasteiger charge is -2.31. The zero-order chi connectivity index (χ0) is 21.6. The fourth-order valence-corrected chi connectivity index (χ4v) is 3.62. The van der Waals surface area contributed by atoms with Gasteiger partial charge in [-0.3, -0.25) is 14.9 Å². The average Bonchev–Trinajstić information content (AvgIpc) is 2.78. The molecule has 1 N–H and O–H groups in total. The molecule has 2 aromatic rings. The van der Waals surface area contributed by atoms with Crippen LogP contribution >= 0.6 is 0 Å². The molecule has 0 unspecified atom stereocenters. The second kappa shape index (κ2) is 9.27. The largest absolute Gasteiger partial charge is 0.497 e. The number of nitrogens with one attached hydrogen (secondary N) is 1. The normalized spacial score (nSPS) is 14.9. The van der Waals surface area contributed by atoms with Crippen LogP contribution in [-0.2, 0) is 4.79 Å². The minimum Gasteiger partial charge on any atom is -0.497 e. The third-order valence-corrected chi connectivity index (χ3v) is 5.23. The summed E-state index contributed by atoms with van der Waals surface area (Å²) in [6.07, 6.45) is 4.12. The topological polar surface area (TPSA) is 114 Å². The fourth-order valence-electron chi connectivity index (χ4n) is 3.62. The van der Waals surface area contributed by atoms with Crippen LogP contribution in [0.2, 0.25) is 0 Å². The van der Waals surface area contributed by atoms with E-state index < -0.39 is 16.4 Å². The number of non-ortho nitro benzene ring substituents is 1. The molecule has 0 bridgehead atoms. The second-order valence-electron chi connectivity index (χ2n) is 7.26. The molecule has 0 radical (unpaired) electrons. The zero-order valence-electron chi connectivity index (χ0n) is 16.7. The number of benzene rings is 2. The Hall–Kier alpha value is -3.60. The van der Waals surface area contributed by atoms with Gasteiger partial charge in [0, 0.05) is 17.7 Å². The van der Waals surface area contributed by atoms with E-state index in [0.717, 1.165) is 19.3 Å². The Bertz CT molecular complexity index is 960. The zero-order valence-corrected chi connectivity index (χ0v) is 16.7. The lowest BCUT2D eigenvalue weighted by molar-refractivity contribution is -0.384. The van der Waals surface area contributed by atoms with E-state index in [1.165, 1.54) is 18.2 Å². The first kappa shape index (κ1) is 21.1. The number of amides is 1. The van der Waals surface area contributed by atoms with Gasteiger partial charge in [-0.15, -0.1) is 0 Å². The van der Waals surface area contributed by atoms with Crippen LogP contribution in [0.25, 0.3) is 11.1 Å². The van der Waals surface area contributed by atoms with Gasteiger partial charge in [0.2, 0.25) is 0 Å². The van der Waals surface area contributed by atoms with E-state index in [2.05, 4.69) is 11.4 Å². The summed E-state index contributed by atoms with van der Waals surface area (Å²) < 4.78 is 10.9. The van der Waals surface area contributed by atoms with Crippen molar-refractivity contribution in [2.75, 3.05) is 13.7 Å². The Balaban J connectivity index is 1.78. The third kappa shape index (κ3) is 4.87. The molecule has 1 aliphatic rings. The lowest BCUT2D eigenvalue weighted by Crippen LogP contribution is -2.50. The Morgan fingerprint density at radius 1 is 1.20 bits per heavy atom. The van der Waals surface area contributed by atoms with Gasteiger partial charge in [-0.05, 0) is 36.6 Å². The van der Waals surface area contributed by atoms with E-state index in [1.807, 2.05) is 0 Å². The van der Waals surface area contributed by atoms with Gasteiger partial charge in [-0.25, -0.2) is 0 Å². The molecule has 156 valence electrons. The minimum atomic E-state index is -0.840. The van der Waals surface area contributed by atoms with Crippen molar-refractivity contribution in [3.63, 3.8) is 0 Å². The van der Waals surface area contributed by atoms with Gasteiger partial charge in [-0.2, -0.15) is 5.26 Å². The highest BCUT2D eigenvalue weighted by Gasteiger charge is 2.33. The molecule has 0 spiro atoms. The molecule has 0 heterocycles. The highest BCUT2D eigenvalue weighted by Crippen LogP contribution is 2.34. The standard InChI is InChI=1S/C22H23N3O5/c1-29-18-8-5-16(6-9-18)19-13-17(25(27)28)7-10-20(19)30-14-21(26)24-22(15-23)11-3-2-4-12-22/h5-10,13H,2-4,11-12,14H2,1H3,(H,24,26). The van der Waals surface area contributed by atoms with Crippen molar-refractivity contribution < 1.29 is 19.2 Å². The molecule has 2 aromatic carbocycles. The molecule has 8 nitrogen and oxygen atoms in total. The highest BCUT2D eigenvalue weighted by molar-refractivity contribution is 5.80. The van der Waals surface area contributed by atoms with Crippen LogP contribution in [-0.4, -0.2) is 30.1 Å². The lowest BCUT2D eigenvalue weighted by atomic mass is 9.83. The van der Waals surface area contributed by atoms with Gasteiger partial charge in [0.25, 0.3) is 11.6 Å². The van der Waals surface area contributed by atoms with E-state index >= 15 is 0 Å². The van der Waals surface area contributed by atoms with Crippen molar-refractivity contribution in [3.8, 4) is 28.7 Å². The molecule has 0 aromatic heterocycles. The number of nitrogens with zero attached hydrogens (tertiary/aromatic N) is 2. The number of nitro groups is 1. The van der Waals surface area contributed by atoms with Gasteiger partial charge in [0.15, 0.2) is 6.61 Å². The molecule has 0 aliphatic heterocycles. The number of nitriles is 1. The van der Waals surface area contributed by atoms with Gasteiger partial charge in [0.05, 0.1) is 18.1 Å². The summed E-state index contributed by atoms with van der Waals surface area (Å²) in [6.45, 7) is -0.287. The Labute approximate surface area is 174 Å². The second-order valence-corrected chi connectivity index (χ2v) is 7.26. The van der Waals surface area contributed by atoms with Crippen molar-refractivity contribution in [1.82, 2.24) is 5.32 Å². The number of rotatable bonds is 7. The number of hydrogen-bond acceptors (Lipinski definition) is 6. The SMILES string of the molecule is COc1ccc(-c2cc([N+](=O)[O-])ccc2OCC(=O)NC2(C#N)CCCCC2)cc1. The van der Waals surface area contributed by atoms with Crippen molar-refractivity contribution in [1.29, 1.82) is 5.26 Å². The molecule has 1 amide bonds. The van der Waals surface area contributed by atoms with E-state index in [-0.39, 0.29) is 12.3 Å². The van der Waals surface area contributed by atoms with Gasteiger partial charge in [0.1, 0.15) is 17.0 Å². The van der Waals surface area contributed by atoms with Gasteiger partial charge in [-0.1, -0.05) is 31.4 Å². The number of carbonyl (C=O) groups is 1. The van der Waals surface area contributed by atoms with Crippen LogP contribution < -0.4 is 14.8 Å². The van der Waals surface area contributed by atoms with Crippen LogP contribution in [0.1, 0.15) is 32.1 Å². The maximum atomic E-state index is 12.4.